The molecule has 0 radical (unpaired) electrons. The summed E-state index contributed by atoms with van der Waals surface area (Å²) in [5.41, 5.74) is 0.914. The second-order valence-electron chi connectivity index (χ2n) is 6.68. The average Bonchev–Trinajstić information content (AvgIpc) is 3.26. The van der Waals surface area contributed by atoms with Crippen LogP contribution in [0.1, 0.15) is 37.9 Å². The first-order chi connectivity index (χ1) is 12.6. The summed E-state index contributed by atoms with van der Waals surface area (Å²) in [6.07, 6.45) is 9.41. The predicted octanol–water partition coefficient (Wildman–Crippen LogP) is 3.92. The Balaban J connectivity index is 1.69. The number of aryl methyl sites for hydroxylation is 1. The maximum absolute atomic E-state index is 12.6. The molecule has 2 heterocycles. The molecule has 3 rings (SSSR count). The van der Waals surface area contributed by atoms with Crippen LogP contribution in [0.3, 0.4) is 0 Å². The van der Waals surface area contributed by atoms with E-state index < -0.39 is 0 Å². The van der Waals surface area contributed by atoms with Crippen LogP contribution in [-0.4, -0.2) is 44.4 Å². The molecular formula is C19H26N4O2S. The molecule has 1 aliphatic rings. The first kappa shape index (κ1) is 18.8. The van der Waals surface area contributed by atoms with Crippen LogP contribution in [0.15, 0.2) is 34.6 Å². The van der Waals surface area contributed by atoms with Crippen LogP contribution in [-0.2, 0) is 11.3 Å². The van der Waals surface area contributed by atoms with E-state index in [4.69, 9.17) is 4.42 Å². The standard InChI is InChI=1S/C19H26N4O2S/c1-4-11-23-18(16-10-12-25-14(16)2)20-21-19(23)26-13-17(24)22(3)15-8-6-5-7-9-15/h4,10,12,15H,1,5-9,11,13H2,2-3H3. The highest BCUT2D eigenvalue weighted by atomic mass is 32.2. The molecule has 2 aromatic heterocycles. The number of allylic oxidation sites excluding steroid dienone is 1. The van der Waals surface area contributed by atoms with Crippen LogP contribution in [0.4, 0.5) is 0 Å². The minimum Gasteiger partial charge on any atom is -0.469 e. The summed E-state index contributed by atoms with van der Waals surface area (Å²) in [7, 11) is 1.92. The number of hydrogen-bond acceptors (Lipinski definition) is 5. The van der Waals surface area contributed by atoms with E-state index in [9.17, 15) is 4.79 Å². The summed E-state index contributed by atoms with van der Waals surface area (Å²) in [4.78, 5) is 14.5. The molecule has 1 saturated carbocycles. The van der Waals surface area contributed by atoms with E-state index in [1.165, 1.54) is 31.0 Å². The number of thioether (sulfide) groups is 1. The predicted molar refractivity (Wildman–Crippen MR) is 103 cm³/mol. The Morgan fingerprint density at radius 1 is 1.42 bits per heavy atom. The molecule has 7 heteroatoms. The number of aromatic nitrogens is 3. The fourth-order valence-corrected chi connectivity index (χ4v) is 4.28. The molecule has 6 nitrogen and oxygen atoms in total. The molecule has 0 unspecified atom stereocenters. The zero-order chi connectivity index (χ0) is 18.5. The van der Waals surface area contributed by atoms with Crippen molar-refractivity contribution in [2.45, 2.75) is 56.8 Å². The summed E-state index contributed by atoms with van der Waals surface area (Å²) in [6.45, 7) is 6.31. The summed E-state index contributed by atoms with van der Waals surface area (Å²) in [5, 5.41) is 9.33. The minimum atomic E-state index is 0.149. The van der Waals surface area contributed by atoms with Crippen molar-refractivity contribution < 1.29 is 9.21 Å². The molecule has 0 saturated heterocycles. The average molecular weight is 375 g/mol. The van der Waals surface area contributed by atoms with Gasteiger partial charge in [-0.05, 0) is 25.8 Å². The summed E-state index contributed by atoms with van der Waals surface area (Å²) in [5.74, 6) is 2.06. The molecule has 0 spiro atoms. The number of carbonyl (C=O) groups is 1. The lowest BCUT2D eigenvalue weighted by atomic mass is 9.94. The van der Waals surface area contributed by atoms with Crippen LogP contribution < -0.4 is 0 Å². The minimum absolute atomic E-state index is 0.149. The smallest absolute Gasteiger partial charge is 0.233 e. The fraction of sp³-hybridized carbons (Fsp3) is 0.526. The summed E-state index contributed by atoms with van der Waals surface area (Å²) in [6, 6.07) is 2.27. The molecule has 1 amide bonds. The quantitative estimate of drug-likeness (QED) is 0.543. The third kappa shape index (κ3) is 4.03. The van der Waals surface area contributed by atoms with Gasteiger partial charge in [0.2, 0.25) is 5.91 Å². The van der Waals surface area contributed by atoms with E-state index in [1.807, 2.05) is 35.6 Å². The molecular weight excluding hydrogens is 348 g/mol. The Hall–Kier alpha value is -2.02. The topological polar surface area (TPSA) is 64.2 Å². The number of amides is 1. The normalized spacial score (nSPS) is 15.2. The van der Waals surface area contributed by atoms with E-state index in [-0.39, 0.29) is 5.91 Å². The van der Waals surface area contributed by atoms with Crippen molar-refractivity contribution in [1.82, 2.24) is 19.7 Å². The van der Waals surface area contributed by atoms with Crippen LogP contribution in [0.25, 0.3) is 11.4 Å². The fourth-order valence-electron chi connectivity index (χ4n) is 3.41. The third-order valence-electron chi connectivity index (χ3n) is 4.97. The number of nitrogens with zero attached hydrogens (tertiary/aromatic N) is 4. The molecule has 2 aromatic rings. The van der Waals surface area contributed by atoms with Crippen molar-refractivity contribution in [2.75, 3.05) is 12.8 Å². The highest BCUT2D eigenvalue weighted by molar-refractivity contribution is 7.99. The molecule has 0 bridgehead atoms. The third-order valence-corrected chi connectivity index (χ3v) is 5.92. The van der Waals surface area contributed by atoms with Gasteiger partial charge in [-0.15, -0.1) is 16.8 Å². The van der Waals surface area contributed by atoms with Crippen LogP contribution in [0.5, 0.6) is 0 Å². The van der Waals surface area contributed by atoms with E-state index >= 15 is 0 Å². The number of carbonyl (C=O) groups excluding carboxylic acids is 1. The Morgan fingerprint density at radius 3 is 2.85 bits per heavy atom. The van der Waals surface area contributed by atoms with Crippen molar-refractivity contribution in [1.29, 1.82) is 0 Å². The van der Waals surface area contributed by atoms with Gasteiger partial charge in [-0.2, -0.15) is 0 Å². The highest BCUT2D eigenvalue weighted by Crippen LogP contribution is 2.28. The molecule has 0 N–H and O–H groups in total. The van der Waals surface area contributed by atoms with E-state index in [1.54, 1.807) is 6.26 Å². The van der Waals surface area contributed by atoms with Crippen LogP contribution in [0.2, 0.25) is 0 Å². The van der Waals surface area contributed by atoms with Gasteiger partial charge in [0.15, 0.2) is 11.0 Å². The van der Waals surface area contributed by atoms with Crippen LogP contribution in [0, 0.1) is 6.92 Å². The van der Waals surface area contributed by atoms with Gasteiger partial charge in [0, 0.05) is 19.6 Å². The van der Waals surface area contributed by atoms with Gasteiger partial charge in [0.1, 0.15) is 5.76 Å². The first-order valence-corrected chi connectivity index (χ1v) is 10.1. The molecule has 1 fully saturated rings. The van der Waals surface area contributed by atoms with Crippen molar-refractivity contribution >= 4 is 17.7 Å². The van der Waals surface area contributed by atoms with Crippen molar-refractivity contribution in [3.05, 3.63) is 30.7 Å². The van der Waals surface area contributed by atoms with Crippen molar-refractivity contribution in [3.8, 4) is 11.4 Å². The Labute approximate surface area is 158 Å². The Morgan fingerprint density at radius 2 is 2.19 bits per heavy atom. The molecule has 0 atom stereocenters. The Kier molecular flexibility index (Phi) is 6.19. The second-order valence-corrected chi connectivity index (χ2v) is 7.62. The maximum atomic E-state index is 12.6. The second kappa shape index (κ2) is 8.58. The van der Waals surface area contributed by atoms with Gasteiger partial charge in [0.05, 0.1) is 17.6 Å². The number of rotatable bonds is 7. The highest BCUT2D eigenvalue weighted by Gasteiger charge is 2.23. The molecule has 0 aromatic carbocycles. The maximum Gasteiger partial charge on any atom is 0.233 e. The Bertz CT molecular complexity index is 761. The first-order valence-electron chi connectivity index (χ1n) is 9.08. The van der Waals surface area contributed by atoms with Gasteiger partial charge in [-0.1, -0.05) is 37.1 Å². The lowest BCUT2D eigenvalue weighted by molar-refractivity contribution is -0.129. The van der Waals surface area contributed by atoms with Crippen molar-refractivity contribution in [2.24, 2.45) is 0 Å². The monoisotopic (exact) mass is 374 g/mol. The van der Waals surface area contributed by atoms with Gasteiger partial charge < -0.3 is 9.32 Å². The van der Waals surface area contributed by atoms with Gasteiger partial charge in [-0.3, -0.25) is 9.36 Å². The summed E-state index contributed by atoms with van der Waals surface area (Å²) >= 11 is 1.43. The van der Waals surface area contributed by atoms with Gasteiger partial charge >= 0.3 is 0 Å². The SMILES string of the molecule is C=CCn1c(SCC(=O)N(C)C2CCCCC2)nnc1-c1ccoc1C. The molecule has 0 aliphatic heterocycles. The number of furan rings is 1. The van der Waals surface area contributed by atoms with E-state index in [0.29, 0.717) is 18.3 Å². The van der Waals surface area contributed by atoms with Crippen LogP contribution >= 0.6 is 11.8 Å². The lowest BCUT2D eigenvalue weighted by Crippen LogP contribution is -2.39. The summed E-state index contributed by atoms with van der Waals surface area (Å²) < 4.78 is 7.36. The zero-order valence-corrected chi connectivity index (χ0v) is 16.3. The largest absolute Gasteiger partial charge is 0.469 e. The van der Waals surface area contributed by atoms with Gasteiger partial charge in [-0.25, -0.2) is 0 Å². The van der Waals surface area contributed by atoms with E-state index in [2.05, 4.69) is 16.8 Å². The molecule has 26 heavy (non-hydrogen) atoms. The van der Waals surface area contributed by atoms with Gasteiger partial charge in [0.25, 0.3) is 0 Å². The lowest BCUT2D eigenvalue weighted by Gasteiger charge is -2.31. The zero-order valence-electron chi connectivity index (χ0n) is 15.5. The van der Waals surface area contributed by atoms with E-state index in [0.717, 1.165) is 35.1 Å². The number of hydrogen-bond donors (Lipinski definition) is 0. The molecule has 140 valence electrons. The van der Waals surface area contributed by atoms with Crippen molar-refractivity contribution in [3.63, 3.8) is 0 Å². The molecule has 1 aliphatic carbocycles.